The van der Waals surface area contributed by atoms with Crippen molar-refractivity contribution in [3.63, 3.8) is 0 Å². The molecule has 0 unspecified atom stereocenters. The van der Waals surface area contributed by atoms with E-state index in [0.29, 0.717) is 0 Å². The van der Waals surface area contributed by atoms with E-state index >= 15 is 0 Å². The number of rotatable bonds is 3. The zero-order valence-corrected chi connectivity index (χ0v) is 10.8. The summed E-state index contributed by atoms with van der Waals surface area (Å²) in [4.78, 5) is 0. The van der Waals surface area contributed by atoms with Gasteiger partial charge in [-0.3, -0.25) is 5.10 Å². The maximum absolute atomic E-state index is 9.92. The lowest BCUT2D eigenvalue weighted by molar-refractivity contribution is 0.477. The molecule has 1 aromatic heterocycles. The van der Waals surface area contributed by atoms with Gasteiger partial charge in [-0.25, -0.2) is 0 Å². The average molecular weight is 262 g/mol. The minimum atomic E-state index is 0.242. The van der Waals surface area contributed by atoms with Gasteiger partial charge in [0.1, 0.15) is 5.75 Å². The molecule has 0 saturated heterocycles. The molecule has 0 radical (unpaired) electrons. The predicted octanol–water partition coefficient (Wildman–Crippen LogP) is 3.95. The van der Waals surface area contributed by atoms with E-state index in [1.165, 1.54) is 0 Å². The van der Waals surface area contributed by atoms with E-state index in [1.54, 1.807) is 18.3 Å². The molecule has 0 aliphatic heterocycles. The molecule has 0 fully saturated rings. The van der Waals surface area contributed by atoms with Crippen LogP contribution in [-0.4, -0.2) is 15.3 Å². The summed E-state index contributed by atoms with van der Waals surface area (Å²) in [5, 5.41) is 16.9. The molecule has 0 saturated carbocycles. The normalized spacial score (nSPS) is 11.0. The van der Waals surface area contributed by atoms with E-state index in [4.69, 9.17) is 0 Å². The molecule has 0 bridgehead atoms. The minimum absolute atomic E-state index is 0.242. The lowest BCUT2D eigenvalue weighted by Crippen LogP contribution is -1.82. The first-order chi connectivity index (χ1) is 9.84. The molecule has 2 N–H and O–H groups in total. The smallest absolute Gasteiger partial charge is 0.124 e. The topological polar surface area (TPSA) is 48.9 Å². The van der Waals surface area contributed by atoms with Crippen molar-refractivity contribution < 1.29 is 5.11 Å². The largest absolute Gasteiger partial charge is 0.507 e. The Hall–Kier alpha value is -2.81. The Bertz CT molecular complexity index is 730. The number of phenolic OH excluding ortho intramolecular Hbond substituents is 1. The maximum Gasteiger partial charge on any atom is 0.124 e. The van der Waals surface area contributed by atoms with Crippen LogP contribution in [0.25, 0.3) is 23.4 Å². The van der Waals surface area contributed by atoms with E-state index in [-0.39, 0.29) is 5.75 Å². The number of aromatic nitrogens is 2. The predicted molar refractivity (Wildman–Crippen MR) is 81.1 cm³/mol. The van der Waals surface area contributed by atoms with Crippen LogP contribution in [0.3, 0.4) is 0 Å². The number of hydrogen-bond donors (Lipinski definition) is 2. The van der Waals surface area contributed by atoms with Gasteiger partial charge in [0.05, 0.1) is 11.9 Å². The molecule has 0 spiro atoms. The first-order valence-corrected chi connectivity index (χ1v) is 6.39. The van der Waals surface area contributed by atoms with Gasteiger partial charge in [-0.15, -0.1) is 0 Å². The van der Waals surface area contributed by atoms with Crippen LogP contribution in [0.5, 0.6) is 5.75 Å². The lowest BCUT2D eigenvalue weighted by Gasteiger charge is -2.02. The van der Waals surface area contributed by atoms with Gasteiger partial charge in [-0.05, 0) is 17.7 Å². The Labute approximate surface area is 117 Å². The molecular formula is C17H14N2O. The summed E-state index contributed by atoms with van der Waals surface area (Å²) in [6.07, 6.45) is 5.76. The average Bonchev–Trinajstić information content (AvgIpc) is 2.95. The number of hydrogen-bond acceptors (Lipinski definition) is 2. The Morgan fingerprint density at radius 3 is 2.45 bits per heavy atom. The van der Waals surface area contributed by atoms with Crippen LogP contribution >= 0.6 is 0 Å². The van der Waals surface area contributed by atoms with E-state index in [9.17, 15) is 5.11 Å². The van der Waals surface area contributed by atoms with Gasteiger partial charge in [0.2, 0.25) is 0 Å². The highest BCUT2D eigenvalue weighted by atomic mass is 16.3. The highest BCUT2D eigenvalue weighted by Crippen LogP contribution is 2.30. The fourth-order valence-corrected chi connectivity index (χ4v) is 2.07. The van der Waals surface area contributed by atoms with Gasteiger partial charge >= 0.3 is 0 Å². The van der Waals surface area contributed by atoms with Crippen LogP contribution in [0.2, 0.25) is 0 Å². The molecule has 98 valence electrons. The molecule has 3 heteroatoms. The Morgan fingerprint density at radius 1 is 0.900 bits per heavy atom. The van der Waals surface area contributed by atoms with Gasteiger partial charge in [0, 0.05) is 11.1 Å². The second kappa shape index (κ2) is 5.45. The van der Waals surface area contributed by atoms with Gasteiger partial charge in [-0.2, -0.15) is 5.10 Å². The molecular weight excluding hydrogens is 248 g/mol. The number of phenols is 1. The van der Waals surface area contributed by atoms with Crippen LogP contribution < -0.4 is 0 Å². The van der Waals surface area contributed by atoms with Crippen molar-refractivity contribution in [2.75, 3.05) is 0 Å². The SMILES string of the molecule is Oc1ccccc1-c1[nH]ncc1/C=C\c1ccccc1. The number of nitrogens with one attached hydrogen (secondary N) is 1. The molecule has 0 amide bonds. The zero-order valence-electron chi connectivity index (χ0n) is 10.8. The van der Waals surface area contributed by atoms with Crippen molar-refractivity contribution in [2.45, 2.75) is 0 Å². The van der Waals surface area contributed by atoms with Crippen LogP contribution in [0, 0.1) is 0 Å². The van der Waals surface area contributed by atoms with Crippen molar-refractivity contribution in [1.29, 1.82) is 0 Å². The zero-order chi connectivity index (χ0) is 13.8. The minimum Gasteiger partial charge on any atom is -0.507 e. The van der Waals surface area contributed by atoms with Crippen molar-refractivity contribution in [2.24, 2.45) is 0 Å². The van der Waals surface area contributed by atoms with Crippen molar-refractivity contribution in [3.8, 4) is 17.0 Å². The van der Waals surface area contributed by atoms with Gasteiger partial charge in [-0.1, -0.05) is 54.6 Å². The number of para-hydroxylation sites is 1. The molecule has 0 aliphatic rings. The van der Waals surface area contributed by atoms with Crippen LogP contribution in [0.15, 0.2) is 60.8 Å². The fraction of sp³-hybridized carbons (Fsp3) is 0. The van der Waals surface area contributed by atoms with Gasteiger partial charge < -0.3 is 5.11 Å². The summed E-state index contributed by atoms with van der Waals surface area (Å²) in [6, 6.07) is 17.3. The van der Waals surface area contributed by atoms with Crippen molar-refractivity contribution in [3.05, 3.63) is 71.9 Å². The summed E-state index contributed by atoms with van der Waals surface area (Å²) in [6.45, 7) is 0. The lowest BCUT2D eigenvalue weighted by atomic mass is 10.1. The third kappa shape index (κ3) is 2.47. The molecule has 1 heterocycles. The van der Waals surface area contributed by atoms with E-state index in [0.717, 1.165) is 22.4 Å². The molecule has 0 atom stereocenters. The molecule has 3 rings (SSSR count). The monoisotopic (exact) mass is 262 g/mol. The number of aromatic hydroxyl groups is 1. The van der Waals surface area contributed by atoms with Crippen molar-refractivity contribution >= 4 is 12.2 Å². The van der Waals surface area contributed by atoms with Gasteiger partial charge in [0.15, 0.2) is 0 Å². The van der Waals surface area contributed by atoms with E-state index < -0.39 is 0 Å². The second-order valence-corrected chi connectivity index (χ2v) is 4.46. The summed E-state index contributed by atoms with van der Waals surface area (Å²) < 4.78 is 0. The third-order valence-electron chi connectivity index (χ3n) is 3.10. The highest BCUT2D eigenvalue weighted by Gasteiger charge is 2.08. The molecule has 0 aliphatic carbocycles. The quantitative estimate of drug-likeness (QED) is 0.750. The van der Waals surface area contributed by atoms with Gasteiger partial charge in [0.25, 0.3) is 0 Å². The number of nitrogens with zero attached hydrogens (tertiary/aromatic N) is 1. The number of H-pyrrole nitrogens is 1. The summed E-state index contributed by atoms with van der Waals surface area (Å²) >= 11 is 0. The van der Waals surface area contributed by atoms with E-state index in [2.05, 4.69) is 10.2 Å². The standard InChI is InChI=1S/C17H14N2O/c20-16-9-5-4-8-15(16)17-14(12-18-19-17)11-10-13-6-2-1-3-7-13/h1-12,20H,(H,18,19)/b11-10-. The Morgan fingerprint density at radius 2 is 1.65 bits per heavy atom. The Kier molecular flexibility index (Phi) is 3.33. The van der Waals surface area contributed by atoms with Crippen LogP contribution in [0.1, 0.15) is 11.1 Å². The second-order valence-electron chi connectivity index (χ2n) is 4.46. The van der Waals surface area contributed by atoms with Crippen LogP contribution in [0.4, 0.5) is 0 Å². The molecule has 3 aromatic rings. The van der Waals surface area contributed by atoms with Crippen molar-refractivity contribution in [1.82, 2.24) is 10.2 Å². The third-order valence-corrected chi connectivity index (χ3v) is 3.10. The highest BCUT2D eigenvalue weighted by molar-refractivity contribution is 5.80. The maximum atomic E-state index is 9.92. The summed E-state index contributed by atoms with van der Waals surface area (Å²) in [5.74, 6) is 0.242. The Balaban J connectivity index is 1.96. The fourth-order valence-electron chi connectivity index (χ4n) is 2.07. The molecule has 20 heavy (non-hydrogen) atoms. The van der Waals surface area contributed by atoms with E-state index in [1.807, 2.05) is 54.6 Å². The first kappa shape index (κ1) is 12.2. The van der Waals surface area contributed by atoms with Crippen LogP contribution in [-0.2, 0) is 0 Å². The molecule has 2 aromatic carbocycles. The first-order valence-electron chi connectivity index (χ1n) is 6.39. The number of benzene rings is 2. The summed E-state index contributed by atoms with van der Waals surface area (Å²) in [7, 11) is 0. The summed E-state index contributed by atoms with van der Waals surface area (Å²) in [5.41, 5.74) is 3.63. The molecule has 3 nitrogen and oxygen atoms in total. The number of aromatic amines is 1.